The summed E-state index contributed by atoms with van der Waals surface area (Å²) in [5.74, 6) is 0.0841. The van der Waals surface area contributed by atoms with Gasteiger partial charge in [0.05, 0.1) is 11.0 Å². The van der Waals surface area contributed by atoms with Crippen molar-refractivity contribution in [3.05, 3.63) is 39.8 Å². The summed E-state index contributed by atoms with van der Waals surface area (Å²) in [6.45, 7) is 2.22. The third kappa shape index (κ3) is 4.12. The number of carbonyl (C=O) groups is 1. The predicted molar refractivity (Wildman–Crippen MR) is 118 cm³/mol. The van der Waals surface area contributed by atoms with Gasteiger partial charge in [0, 0.05) is 49.1 Å². The van der Waals surface area contributed by atoms with Crippen molar-refractivity contribution in [1.82, 2.24) is 23.7 Å². The molecule has 29 heavy (non-hydrogen) atoms. The van der Waals surface area contributed by atoms with Crippen molar-refractivity contribution in [2.24, 2.45) is 7.05 Å². The molecule has 0 saturated heterocycles. The molecule has 1 fully saturated rings. The number of aryl methyl sites for hydroxylation is 2. The van der Waals surface area contributed by atoms with Gasteiger partial charge in [-0.2, -0.15) is 0 Å². The van der Waals surface area contributed by atoms with Gasteiger partial charge in [0.15, 0.2) is 5.13 Å². The maximum atomic E-state index is 12.9. The van der Waals surface area contributed by atoms with Gasteiger partial charge in [-0.05, 0) is 56.3 Å². The number of rotatable bonds is 7. The third-order valence-electron chi connectivity index (χ3n) is 5.26. The Bertz CT molecular complexity index is 1120. The second-order valence-corrected chi connectivity index (χ2v) is 9.96. The van der Waals surface area contributed by atoms with E-state index in [1.807, 2.05) is 18.2 Å². The minimum Gasteiger partial charge on any atom is -0.349 e. The van der Waals surface area contributed by atoms with Gasteiger partial charge < -0.3 is 4.90 Å². The molecule has 0 spiro atoms. The largest absolute Gasteiger partial charge is 0.349 e. The summed E-state index contributed by atoms with van der Waals surface area (Å²) in [4.78, 5) is 32.9. The molecule has 1 N–H and O–H groups in total. The van der Waals surface area contributed by atoms with Crippen LogP contribution in [0, 0.1) is 0 Å². The molecule has 0 unspecified atom stereocenters. The molecule has 7 nitrogen and oxygen atoms in total. The van der Waals surface area contributed by atoms with Crippen molar-refractivity contribution in [3.8, 4) is 5.13 Å². The highest BCUT2D eigenvalue weighted by Crippen LogP contribution is 2.38. The fourth-order valence-corrected chi connectivity index (χ4v) is 4.80. The monoisotopic (exact) mass is 431 g/mol. The van der Waals surface area contributed by atoms with E-state index < -0.39 is 0 Å². The van der Waals surface area contributed by atoms with Crippen molar-refractivity contribution in [1.29, 1.82) is 0 Å². The Hall–Kier alpha value is -2.10. The molecule has 0 bridgehead atoms. The van der Waals surface area contributed by atoms with Crippen LogP contribution in [0.2, 0.25) is 0 Å². The van der Waals surface area contributed by atoms with Crippen LogP contribution in [-0.2, 0) is 18.3 Å². The molecule has 1 amide bonds. The smallest absolute Gasteiger partial charge is 0.335 e. The Balaban J connectivity index is 1.63. The first-order valence-corrected chi connectivity index (χ1v) is 11.2. The van der Waals surface area contributed by atoms with Crippen LogP contribution in [0.1, 0.15) is 31.1 Å². The highest BCUT2D eigenvalue weighted by Gasteiger charge is 2.37. The maximum absolute atomic E-state index is 12.9. The zero-order valence-electron chi connectivity index (χ0n) is 17.1. The van der Waals surface area contributed by atoms with Crippen LogP contribution in [0.3, 0.4) is 0 Å². The highest BCUT2D eigenvalue weighted by molar-refractivity contribution is 7.97. The number of carbonyl (C=O) groups excluding carboxylic acids is 1. The maximum Gasteiger partial charge on any atom is 0.335 e. The van der Waals surface area contributed by atoms with Crippen molar-refractivity contribution < 1.29 is 4.79 Å². The van der Waals surface area contributed by atoms with E-state index in [0.29, 0.717) is 18.0 Å². The second-order valence-electron chi connectivity index (χ2n) is 7.99. The molecule has 1 aliphatic carbocycles. The number of aromatic nitrogens is 3. The van der Waals surface area contributed by atoms with E-state index in [1.54, 1.807) is 53.3 Å². The van der Waals surface area contributed by atoms with Gasteiger partial charge in [0.1, 0.15) is 0 Å². The normalized spacial score (nSPS) is 15.0. The first-order valence-electron chi connectivity index (χ1n) is 9.58. The second kappa shape index (κ2) is 7.62. The Labute approximate surface area is 177 Å². The molecular weight excluding hydrogens is 406 g/mol. The van der Waals surface area contributed by atoms with E-state index in [-0.39, 0.29) is 17.1 Å². The van der Waals surface area contributed by atoms with Crippen LogP contribution in [0.4, 0.5) is 0 Å². The van der Waals surface area contributed by atoms with Crippen LogP contribution >= 0.6 is 23.3 Å². The summed E-state index contributed by atoms with van der Waals surface area (Å²) in [5, 5.41) is 0.636. The van der Waals surface area contributed by atoms with Crippen LogP contribution in [-0.4, -0.2) is 44.6 Å². The minimum absolute atomic E-state index is 0.0841. The average Bonchev–Trinajstić information content (AvgIpc) is 3.16. The number of fused-ring (bicyclic) bond motifs is 1. The first kappa shape index (κ1) is 20.2. The molecule has 2 aromatic heterocycles. The van der Waals surface area contributed by atoms with E-state index in [0.717, 1.165) is 20.8 Å². The minimum atomic E-state index is -0.116. The Morgan fingerprint density at radius 3 is 2.79 bits per heavy atom. The van der Waals surface area contributed by atoms with E-state index >= 15 is 0 Å². The average molecular weight is 432 g/mol. The zero-order chi connectivity index (χ0) is 20.8. The number of hydrogen-bond acceptors (Lipinski definition) is 6. The van der Waals surface area contributed by atoms with Crippen molar-refractivity contribution >= 4 is 40.2 Å². The van der Waals surface area contributed by atoms with Gasteiger partial charge in [-0.1, -0.05) is 0 Å². The van der Waals surface area contributed by atoms with E-state index in [2.05, 4.69) is 16.6 Å². The number of amides is 1. The lowest BCUT2D eigenvalue weighted by Crippen LogP contribution is -2.21. The van der Waals surface area contributed by atoms with Crippen LogP contribution in [0.15, 0.2) is 34.1 Å². The summed E-state index contributed by atoms with van der Waals surface area (Å²) in [5.41, 5.74) is 1.83. The fraction of sp³-hybridized carbons (Fsp3) is 0.450. The molecule has 1 aliphatic rings. The molecule has 4 rings (SSSR count). The molecule has 0 atom stereocenters. The first-order chi connectivity index (χ1) is 13.8. The molecule has 1 aromatic carbocycles. The molecule has 0 radical (unpaired) electrons. The van der Waals surface area contributed by atoms with Gasteiger partial charge in [-0.15, -0.1) is 11.3 Å². The topological polar surface area (TPSA) is 72.2 Å². The van der Waals surface area contributed by atoms with Crippen LogP contribution in [0.25, 0.3) is 16.2 Å². The molecular formula is C20H25N5O2S2. The standard InChI is InChI=1S/C20H25N5O2S2/c1-20(9-10-20)22-29-13-5-7-15-16(11-13)25(19(27)24(15)4)18-21-12-14(28-18)6-8-17(26)23(2)3/h5,7,11-12,22H,6,8-10H2,1-4H3. The molecule has 9 heteroatoms. The van der Waals surface area contributed by atoms with Crippen LogP contribution < -0.4 is 10.4 Å². The molecule has 1 saturated carbocycles. The van der Waals surface area contributed by atoms with Gasteiger partial charge in [-0.25, -0.2) is 14.3 Å². The Morgan fingerprint density at radius 1 is 1.34 bits per heavy atom. The molecule has 154 valence electrons. The van der Waals surface area contributed by atoms with Crippen molar-refractivity contribution in [2.45, 2.75) is 43.0 Å². The van der Waals surface area contributed by atoms with Crippen molar-refractivity contribution in [3.63, 3.8) is 0 Å². The van der Waals surface area contributed by atoms with Gasteiger partial charge in [0.25, 0.3) is 0 Å². The number of nitrogens with one attached hydrogen (secondary N) is 1. The lowest BCUT2D eigenvalue weighted by atomic mass is 10.2. The number of benzene rings is 1. The van der Waals surface area contributed by atoms with Crippen LogP contribution in [0.5, 0.6) is 0 Å². The van der Waals surface area contributed by atoms with E-state index in [9.17, 15) is 9.59 Å². The Morgan fingerprint density at radius 2 is 2.10 bits per heavy atom. The summed E-state index contributed by atoms with van der Waals surface area (Å²) in [6, 6.07) is 6.06. The third-order valence-corrected chi connectivity index (χ3v) is 7.39. The quantitative estimate of drug-likeness (QED) is 0.583. The zero-order valence-corrected chi connectivity index (χ0v) is 18.7. The summed E-state index contributed by atoms with van der Waals surface area (Å²) < 4.78 is 6.82. The summed E-state index contributed by atoms with van der Waals surface area (Å²) >= 11 is 3.07. The summed E-state index contributed by atoms with van der Waals surface area (Å²) in [6.07, 6.45) is 5.21. The summed E-state index contributed by atoms with van der Waals surface area (Å²) in [7, 11) is 5.29. The SMILES string of the molecule is CN(C)C(=O)CCc1cnc(-n2c(=O)n(C)c3ccc(SNC4(C)CC4)cc32)s1. The Kier molecular flexibility index (Phi) is 5.30. The van der Waals surface area contributed by atoms with Crippen molar-refractivity contribution in [2.75, 3.05) is 14.1 Å². The molecule has 2 heterocycles. The van der Waals surface area contributed by atoms with E-state index in [4.69, 9.17) is 0 Å². The molecule has 3 aromatic rings. The van der Waals surface area contributed by atoms with Gasteiger partial charge in [-0.3, -0.25) is 14.1 Å². The highest BCUT2D eigenvalue weighted by atomic mass is 32.2. The number of imidazole rings is 1. The van der Waals surface area contributed by atoms with Gasteiger partial charge >= 0.3 is 5.69 Å². The predicted octanol–water partition coefficient (Wildman–Crippen LogP) is 2.96. The van der Waals surface area contributed by atoms with E-state index in [1.165, 1.54) is 24.2 Å². The number of thiazole rings is 1. The van der Waals surface area contributed by atoms with Gasteiger partial charge in [0.2, 0.25) is 5.91 Å². The number of hydrogen-bond donors (Lipinski definition) is 1. The lowest BCUT2D eigenvalue weighted by molar-refractivity contribution is -0.128. The fourth-order valence-electron chi connectivity index (χ4n) is 3.01. The molecule has 0 aliphatic heterocycles. The lowest BCUT2D eigenvalue weighted by Gasteiger charge is -2.10. The number of nitrogens with zero attached hydrogens (tertiary/aromatic N) is 4.